The zero-order valence-electron chi connectivity index (χ0n) is 65.8. The van der Waals surface area contributed by atoms with Gasteiger partial charge in [0.05, 0.1) is 0 Å². The Labute approximate surface area is 600 Å². The number of carbonyl (C=O) groups excluding carboxylic acids is 8. The zero-order valence-corrected chi connectivity index (χ0v) is 65.8. The Morgan fingerprint density at radius 3 is 0.584 bits per heavy atom. The number of aryl methyl sites for hydroxylation is 8. The van der Waals surface area contributed by atoms with Gasteiger partial charge in [0, 0.05) is 47.9 Å². The van der Waals surface area contributed by atoms with E-state index in [4.69, 9.17) is 56.8 Å². The summed E-state index contributed by atoms with van der Waals surface area (Å²) in [4.78, 5) is 109. The molecule has 0 unspecified atom stereocenters. The van der Waals surface area contributed by atoms with Crippen molar-refractivity contribution in [3.63, 3.8) is 0 Å². The van der Waals surface area contributed by atoms with Crippen molar-refractivity contribution in [1.29, 1.82) is 0 Å². The van der Waals surface area contributed by atoms with Crippen LogP contribution in [0.5, 0.6) is 23.0 Å². The van der Waals surface area contributed by atoms with Gasteiger partial charge in [0.1, 0.15) is 77.2 Å². The number of ether oxygens (including phenoxy) is 12. The highest BCUT2D eigenvalue weighted by atomic mass is 16.8. The Morgan fingerprint density at radius 1 is 0.267 bits per heavy atom. The summed E-state index contributed by atoms with van der Waals surface area (Å²) in [6, 6.07) is 14.5. The van der Waals surface area contributed by atoms with Gasteiger partial charge in [-0.05, 0) is 227 Å². The van der Waals surface area contributed by atoms with Crippen LogP contribution >= 0.6 is 0 Å². The minimum atomic E-state index is -1.70. The van der Waals surface area contributed by atoms with Crippen LogP contribution in [0.25, 0.3) is 0 Å². The van der Waals surface area contributed by atoms with Crippen molar-refractivity contribution in [3.05, 3.63) is 115 Å². The maximum absolute atomic E-state index is 14.3. The van der Waals surface area contributed by atoms with Crippen molar-refractivity contribution in [2.24, 2.45) is 5.41 Å². The van der Waals surface area contributed by atoms with E-state index in [1.54, 1.807) is 107 Å². The van der Waals surface area contributed by atoms with Gasteiger partial charge in [0.25, 0.3) is 0 Å². The molecule has 0 amide bonds. The van der Waals surface area contributed by atoms with E-state index >= 15 is 0 Å². The summed E-state index contributed by atoms with van der Waals surface area (Å²) < 4.78 is 69.3. The predicted molar refractivity (Wildman–Crippen MR) is 387 cm³/mol. The number of esters is 4. The van der Waals surface area contributed by atoms with Crippen molar-refractivity contribution in [1.82, 2.24) is 0 Å². The molecule has 4 aromatic carbocycles. The van der Waals surface area contributed by atoms with Crippen LogP contribution < -0.4 is 18.9 Å². The average molecular weight is 1410 g/mol. The molecule has 0 aliphatic heterocycles. The molecule has 4 rings (SSSR count). The van der Waals surface area contributed by atoms with Crippen LogP contribution in [0.1, 0.15) is 259 Å². The van der Waals surface area contributed by atoms with Crippen LogP contribution in [0, 0.1) is 33.1 Å². The van der Waals surface area contributed by atoms with Gasteiger partial charge in [-0.3, -0.25) is 19.2 Å². The number of hydrogen-bond donors (Lipinski definition) is 0. The molecule has 0 bridgehead atoms. The van der Waals surface area contributed by atoms with Crippen LogP contribution in [0.3, 0.4) is 0 Å². The van der Waals surface area contributed by atoms with E-state index < -0.39 is 124 Å². The van der Waals surface area contributed by atoms with E-state index in [0.717, 1.165) is 44.5 Å². The van der Waals surface area contributed by atoms with Crippen molar-refractivity contribution in [2.75, 3.05) is 26.4 Å². The molecule has 560 valence electrons. The molecule has 0 saturated carbocycles. The lowest BCUT2D eigenvalue weighted by Gasteiger charge is -2.32. The summed E-state index contributed by atoms with van der Waals surface area (Å²) in [5, 5.41) is 0. The fraction of sp³-hybridized carbons (Fsp3) is 0.605. The highest BCUT2D eigenvalue weighted by Crippen LogP contribution is 2.40. The Morgan fingerprint density at radius 2 is 0.436 bits per heavy atom. The predicted octanol–water partition coefficient (Wildman–Crippen LogP) is 18.4. The average Bonchev–Trinajstić information content (AvgIpc) is 0.819. The van der Waals surface area contributed by atoms with Crippen LogP contribution in [-0.2, 0) is 104 Å². The molecule has 0 radical (unpaired) electrons. The van der Waals surface area contributed by atoms with Gasteiger partial charge in [-0.25, -0.2) is 19.2 Å². The molecule has 4 aromatic rings. The fourth-order valence-electron chi connectivity index (χ4n) is 10.5. The summed E-state index contributed by atoms with van der Waals surface area (Å²) in [5.41, 5.74) is 1.79. The monoisotopic (exact) mass is 1410 g/mol. The van der Waals surface area contributed by atoms with Gasteiger partial charge in [0.2, 0.25) is 0 Å². The van der Waals surface area contributed by atoms with Crippen LogP contribution in [0.4, 0.5) is 19.2 Å². The van der Waals surface area contributed by atoms with Crippen molar-refractivity contribution < 1.29 is 95.2 Å². The van der Waals surface area contributed by atoms with Crippen LogP contribution in [0.15, 0.2) is 48.5 Å². The van der Waals surface area contributed by atoms with E-state index in [2.05, 4.69) is 0 Å². The van der Waals surface area contributed by atoms with Gasteiger partial charge in [-0.15, -0.1) is 0 Å². The lowest BCUT2D eigenvalue weighted by Crippen LogP contribution is -2.44. The Balaban J connectivity index is 1.79. The smallest absolute Gasteiger partial charge is 0.465 e. The molecule has 0 saturated heterocycles. The quantitative estimate of drug-likeness (QED) is 0.0359. The minimum absolute atomic E-state index is 0.154. The van der Waals surface area contributed by atoms with Crippen molar-refractivity contribution in [3.8, 4) is 23.0 Å². The molecular formula is C81H116O20. The molecule has 0 heterocycles. The van der Waals surface area contributed by atoms with Crippen LogP contribution in [0.2, 0.25) is 0 Å². The third kappa shape index (κ3) is 29.0. The largest absolute Gasteiger partial charge is 0.514 e. The minimum Gasteiger partial charge on any atom is -0.465 e. The third-order valence-electron chi connectivity index (χ3n) is 15.9. The van der Waals surface area contributed by atoms with E-state index in [9.17, 15) is 38.4 Å². The van der Waals surface area contributed by atoms with Gasteiger partial charge in [0.15, 0.2) is 0 Å². The molecule has 0 N–H and O–H groups in total. The van der Waals surface area contributed by atoms with Gasteiger partial charge >= 0.3 is 48.5 Å². The molecule has 101 heavy (non-hydrogen) atoms. The van der Waals surface area contributed by atoms with E-state index in [1.165, 1.54) is 0 Å². The normalized spacial score (nSPS) is 12.6. The Bertz CT molecular complexity index is 3150. The van der Waals surface area contributed by atoms with Gasteiger partial charge in [-0.1, -0.05) is 107 Å². The van der Waals surface area contributed by atoms with Crippen molar-refractivity contribution >= 4 is 48.5 Å². The third-order valence-corrected chi connectivity index (χ3v) is 15.9. The molecule has 20 nitrogen and oxygen atoms in total. The van der Waals surface area contributed by atoms with Crippen molar-refractivity contribution in [2.45, 2.75) is 289 Å². The first-order valence-corrected chi connectivity index (χ1v) is 34.7. The van der Waals surface area contributed by atoms with Crippen LogP contribution in [-0.4, -0.2) is 97.3 Å². The lowest BCUT2D eigenvalue weighted by molar-refractivity contribution is -0.170. The Kier molecular flexibility index (Phi) is 28.5. The SMILES string of the molecule is Cc1cc(OC(=O)OC(C)(C)C)c(C(C)(C)C)cc1CCC(=O)OCC(COC(=O)CCc1cc(C(C)(C)C)c(OC(=O)OC(C)(C)C)cc1C)(COC(=O)CCc1cc(C(C)(C)C)c(OC(=O)OC(C)(C)C)cc1C)COC(=O)CCc1cc(C(C)(C)C)c(OC(=O)OC(C)(C)C)cc1C. The first-order valence-electron chi connectivity index (χ1n) is 34.7. The molecule has 0 aromatic heterocycles. The second-order valence-corrected chi connectivity index (χ2v) is 34.5. The number of carbonyl (C=O) groups is 8. The second kappa shape index (κ2) is 33.8. The fourth-order valence-corrected chi connectivity index (χ4v) is 10.5. The standard InChI is InChI=1S/C81H116O20/c1-49-37-61(94-69(86)98-77(17,18)19)57(73(5,6)7)41-53(49)29-33-65(82)90-45-81(46-91-66(83)34-30-54-42-58(74(8,9)10)62(38-50(54)2)95-70(87)99-78(20,21)22,47-92-67(84)35-31-55-43-59(75(11,12)13)63(39-51(55)3)96-71(88)100-79(23,24)25)48-93-68(85)36-32-56-44-60(76(14,15)16)64(40-52(56)4)97-72(89)101-80(26,27)28/h37-44H,29-36,45-48H2,1-28H3. The number of rotatable bonds is 24. The number of benzene rings is 4. The summed E-state index contributed by atoms with van der Waals surface area (Å²) in [6.45, 7) is 49.6. The molecule has 0 spiro atoms. The first kappa shape index (κ1) is 85.3. The highest BCUT2D eigenvalue weighted by Gasteiger charge is 2.39. The van der Waals surface area contributed by atoms with Gasteiger partial charge < -0.3 is 56.8 Å². The summed E-state index contributed by atoms with van der Waals surface area (Å²) in [5.74, 6) is -1.47. The molecule has 0 atom stereocenters. The Hall–Kier alpha value is -8.16. The summed E-state index contributed by atoms with van der Waals surface area (Å²) in [7, 11) is 0. The zero-order chi connectivity index (χ0) is 77.0. The van der Waals surface area contributed by atoms with E-state index in [1.807, 2.05) is 135 Å². The lowest BCUT2D eigenvalue weighted by atomic mass is 9.84. The molecule has 0 aliphatic rings. The highest BCUT2D eigenvalue weighted by molar-refractivity contribution is 5.73. The molecule has 0 aliphatic carbocycles. The summed E-state index contributed by atoms with van der Waals surface area (Å²) >= 11 is 0. The van der Waals surface area contributed by atoms with Gasteiger partial charge in [-0.2, -0.15) is 0 Å². The molecular weight excluding hydrogens is 1290 g/mol. The van der Waals surface area contributed by atoms with E-state index in [-0.39, 0.29) is 51.4 Å². The maximum Gasteiger partial charge on any atom is 0.514 e. The molecule has 0 fully saturated rings. The molecule has 20 heteroatoms. The maximum atomic E-state index is 14.3. The number of hydrogen-bond acceptors (Lipinski definition) is 20. The second-order valence-electron chi connectivity index (χ2n) is 34.5. The summed E-state index contributed by atoms with van der Waals surface area (Å²) in [6.07, 6.45) is -3.32. The van der Waals surface area contributed by atoms with E-state index in [0.29, 0.717) is 45.3 Å². The first-order chi connectivity index (χ1) is 45.9. The topological polar surface area (TPSA) is 247 Å².